The number of hydrogen-bond donors (Lipinski definition) is 0. The van der Waals surface area contributed by atoms with E-state index in [1.165, 1.54) is 114 Å². The standard InChI is InChI=1S/C24H41/c1-3-5-7-9-11-13-15-18-23-20-17-21-24(22-23)19-16-14-12-10-8-6-4-2/h20-22H,3-16,18-19H2,1-2H3. The zero-order valence-electron chi connectivity index (χ0n) is 16.5. The van der Waals surface area contributed by atoms with Crippen molar-refractivity contribution in [3.8, 4) is 0 Å². The molecule has 0 amide bonds. The molecule has 0 heterocycles. The second-order valence-electron chi connectivity index (χ2n) is 7.49. The topological polar surface area (TPSA) is 0 Å². The largest absolute Gasteiger partial charge is 0.0654 e. The molecule has 0 saturated heterocycles. The monoisotopic (exact) mass is 329 g/mol. The van der Waals surface area contributed by atoms with Gasteiger partial charge in [0.15, 0.2) is 0 Å². The van der Waals surface area contributed by atoms with E-state index in [0.717, 1.165) is 0 Å². The van der Waals surface area contributed by atoms with Gasteiger partial charge < -0.3 is 0 Å². The van der Waals surface area contributed by atoms with E-state index in [1.54, 1.807) is 0 Å². The van der Waals surface area contributed by atoms with Crippen LogP contribution in [-0.4, -0.2) is 0 Å². The van der Waals surface area contributed by atoms with Crippen LogP contribution in [-0.2, 0) is 12.8 Å². The molecule has 1 radical (unpaired) electrons. The maximum Gasteiger partial charge on any atom is -0.0178 e. The summed E-state index contributed by atoms with van der Waals surface area (Å²) in [6.07, 6.45) is 22.0. The summed E-state index contributed by atoms with van der Waals surface area (Å²) < 4.78 is 0. The minimum absolute atomic E-state index is 1.25. The molecule has 0 spiro atoms. The molecule has 0 N–H and O–H groups in total. The predicted molar refractivity (Wildman–Crippen MR) is 109 cm³/mol. The van der Waals surface area contributed by atoms with Gasteiger partial charge in [0.1, 0.15) is 0 Å². The van der Waals surface area contributed by atoms with Gasteiger partial charge >= 0.3 is 0 Å². The van der Waals surface area contributed by atoms with Crippen molar-refractivity contribution < 1.29 is 0 Å². The van der Waals surface area contributed by atoms with Crippen molar-refractivity contribution in [2.75, 3.05) is 0 Å². The lowest BCUT2D eigenvalue weighted by Gasteiger charge is -2.06. The lowest BCUT2D eigenvalue weighted by molar-refractivity contribution is 0.587. The van der Waals surface area contributed by atoms with E-state index in [1.807, 2.05) is 0 Å². The van der Waals surface area contributed by atoms with Gasteiger partial charge in [-0.1, -0.05) is 109 Å². The fourth-order valence-electron chi connectivity index (χ4n) is 3.44. The van der Waals surface area contributed by atoms with Crippen LogP contribution in [0.4, 0.5) is 0 Å². The van der Waals surface area contributed by atoms with E-state index in [0.29, 0.717) is 0 Å². The van der Waals surface area contributed by atoms with Crippen LogP contribution in [0.15, 0.2) is 18.2 Å². The molecule has 0 aliphatic carbocycles. The van der Waals surface area contributed by atoms with E-state index >= 15 is 0 Å². The van der Waals surface area contributed by atoms with Crippen LogP contribution in [0.5, 0.6) is 0 Å². The van der Waals surface area contributed by atoms with E-state index < -0.39 is 0 Å². The average molecular weight is 330 g/mol. The van der Waals surface area contributed by atoms with E-state index in [2.05, 4.69) is 38.1 Å². The van der Waals surface area contributed by atoms with Gasteiger partial charge in [0.25, 0.3) is 0 Å². The van der Waals surface area contributed by atoms with Crippen LogP contribution >= 0.6 is 0 Å². The smallest absolute Gasteiger partial charge is 0.0178 e. The van der Waals surface area contributed by atoms with Crippen LogP contribution in [0.3, 0.4) is 0 Å². The van der Waals surface area contributed by atoms with Gasteiger partial charge in [-0.15, -0.1) is 0 Å². The Kier molecular flexibility index (Phi) is 13.9. The maximum atomic E-state index is 3.37. The highest BCUT2D eigenvalue weighted by atomic mass is 14.0. The Morgan fingerprint density at radius 2 is 0.917 bits per heavy atom. The number of benzene rings is 1. The molecule has 0 atom stereocenters. The third kappa shape index (κ3) is 11.7. The molecule has 1 aromatic rings. The first-order chi connectivity index (χ1) is 11.9. The first kappa shape index (κ1) is 21.3. The van der Waals surface area contributed by atoms with Crippen LogP contribution in [0.25, 0.3) is 0 Å². The Labute approximate surface area is 152 Å². The SMILES string of the molecule is CCCCCCCCCc1c[c]cc(CCCCCCCCC)c1. The molecule has 0 unspecified atom stereocenters. The van der Waals surface area contributed by atoms with Gasteiger partial charge in [-0.2, -0.15) is 0 Å². The van der Waals surface area contributed by atoms with Crippen molar-refractivity contribution in [2.24, 2.45) is 0 Å². The molecular weight excluding hydrogens is 288 g/mol. The molecule has 1 aromatic carbocycles. The summed E-state index contributed by atoms with van der Waals surface area (Å²) in [4.78, 5) is 0. The molecule has 0 aliphatic rings. The van der Waals surface area contributed by atoms with Gasteiger partial charge in [0, 0.05) is 0 Å². The van der Waals surface area contributed by atoms with Crippen molar-refractivity contribution in [2.45, 2.75) is 117 Å². The van der Waals surface area contributed by atoms with Crippen LogP contribution in [0, 0.1) is 6.07 Å². The molecular formula is C24H41. The Morgan fingerprint density at radius 1 is 0.542 bits per heavy atom. The highest BCUT2D eigenvalue weighted by molar-refractivity contribution is 5.22. The van der Waals surface area contributed by atoms with E-state index in [9.17, 15) is 0 Å². The summed E-state index contributed by atoms with van der Waals surface area (Å²) in [7, 11) is 0. The highest BCUT2D eigenvalue weighted by Crippen LogP contribution is 2.14. The molecule has 0 aromatic heterocycles. The second-order valence-corrected chi connectivity index (χ2v) is 7.49. The number of aryl methyl sites for hydroxylation is 2. The van der Waals surface area contributed by atoms with Crippen molar-refractivity contribution in [1.82, 2.24) is 0 Å². The van der Waals surface area contributed by atoms with Crippen molar-refractivity contribution in [3.05, 3.63) is 35.4 Å². The number of hydrogen-bond acceptors (Lipinski definition) is 0. The fourth-order valence-corrected chi connectivity index (χ4v) is 3.44. The van der Waals surface area contributed by atoms with Gasteiger partial charge in [-0.3, -0.25) is 0 Å². The third-order valence-electron chi connectivity index (χ3n) is 5.05. The van der Waals surface area contributed by atoms with Gasteiger partial charge in [-0.25, -0.2) is 0 Å². The zero-order valence-corrected chi connectivity index (χ0v) is 16.5. The van der Waals surface area contributed by atoms with Crippen LogP contribution in [0.2, 0.25) is 0 Å². The van der Waals surface area contributed by atoms with Crippen molar-refractivity contribution in [3.63, 3.8) is 0 Å². The van der Waals surface area contributed by atoms with Gasteiger partial charge in [-0.05, 0) is 42.9 Å². The minimum atomic E-state index is 1.25. The lowest BCUT2D eigenvalue weighted by Crippen LogP contribution is -1.91. The minimum Gasteiger partial charge on any atom is -0.0654 e. The van der Waals surface area contributed by atoms with Crippen molar-refractivity contribution >= 4 is 0 Å². The van der Waals surface area contributed by atoms with Gasteiger partial charge in [0.2, 0.25) is 0 Å². The lowest BCUT2D eigenvalue weighted by atomic mass is 10.00. The second kappa shape index (κ2) is 15.7. The molecule has 0 fully saturated rings. The Bertz CT molecular complexity index is 346. The number of rotatable bonds is 16. The molecule has 24 heavy (non-hydrogen) atoms. The first-order valence-electron chi connectivity index (χ1n) is 10.9. The van der Waals surface area contributed by atoms with E-state index in [4.69, 9.17) is 0 Å². The number of unbranched alkanes of at least 4 members (excludes halogenated alkanes) is 12. The summed E-state index contributed by atoms with van der Waals surface area (Å²) >= 11 is 0. The predicted octanol–water partition coefficient (Wildman–Crippen LogP) is 8.07. The summed E-state index contributed by atoms with van der Waals surface area (Å²) in [6, 6.07) is 10.2. The third-order valence-corrected chi connectivity index (χ3v) is 5.05. The average Bonchev–Trinajstić information content (AvgIpc) is 2.60. The summed E-state index contributed by atoms with van der Waals surface area (Å²) in [6.45, 7) is 4.58. The Hall–Kier alpha value is -0.780. The highest BCUT2D eigenvalue weighted by Gasteiger charge is 1.99. The molecule has 0 nitrogen and oxygen atoms in total. The summed E-state index contributed by atoms with van der Waals surface area (Å²) in [5.74, 6) is 0. The maximum absolute atomic E-state index is 3.37. The Balaban J connectivity index is 2.08. The summed E-state index contributed by atoms with van der Waals surface area (Å²) in [5, 5.41) is 0. The first-order valence-corrected chi connectivity index (χ1v) is 10.9. The molecule has 0 aliphatic heterocycles. The van der Waals surface area contributed by atoms with Crippen LogP contribution in [0.1, 0.15) is 115 Å². The fraction of sp³-hybridized carbons (Fsp3) is 0.750. The summed E-state index contributed by atoms with van der Waals surface area (Å²) in [5.41, 5.74) is 3.01. The molecule has 1 rings (SSSR count). The quantitative estimate of drug-likeness (QED) is 0.269. The zero-order chi connectivity index (χ0) is 17.3. The van der Waals surface area contributed by atoms with E-state index in [-0.39, 0.29) is 0 Å². The molecule has 137 valence electrons. The molecule has 0 saturated carbocycles. The van der Waals surface area contributed by atoms with Crippen molar-refractivity contribution in [1.29, 1.82) is 0 Å². The van der Waals surface area contributed by atoms with Crippen LogP contribution < -0.4 is 0 Å². The molecule has 0 bridgehead atoms. The Morgan fingerprint density at radius 3 is 1.33 bits per heavy atom. The van der Waals surface area contributed by atoms with Gasteiger partial charge in [0.05, 0.1) is 0 Å². The normalized spacial score (nSPS) is 11.1. The molecule has 0 heteroatoms.